The second kappa shape index (κ2) is 9.12. The van der Waals surface area contributed by atoms with Crippen LogP contribution in [0.2, 0.25) is 0 Å². The van der Waals surface area contributed by atoms with Crippen molar-refractivity contribution in [1.29, 1.82) is 0 Å². The molecule has 1 aliphatic heterocycles. The summed E-state index contributed by atoms with van der Waals surface area (Å²) >= 11 is 1.51. The van der Waals surface area contributed by atoms with E-state index in [-0.39, 0.29) is 11.8 Å². The molecule has 168 valence electrons. The normalized spacial score (nSPS) is 14.5. The Morgan fingerprint density at radius 2 is 1.81 bits per heavy atom. The number of amides is 2. The Morgan fingerprint density at radius 1 is 1.09 bits per heavy atom. The fourth-order valence-electron chi connectivity index (χ4n) is 3.94. The summed E-state index contributed by atoms with van der Waals surface area (Å²) in [5.74, 6) is 1.50. The standard InChI is InChI=1S/C23H27N5O3S/c1-15-14-32-21(24-15)13-23(30)27-9-7-26(8-10-27)22(29)6-5-19-11-16(2)28(18(19)4)20-12-17(3)31-25-20/h5-6,11-12,14H,7-10,13H2,1-4H3/b6-5+. The molecule has 8 nitrogen and oxygen atoms in total. The largest absolute Gasteiger partial charge is 0.360 e. The van der Waals surface area contributed by atoms with Gasteiger partial charge in [0.05, 0.1) is 6.42 Å². The molecule has 0 aromatic carbocycles. The lowest BCUT2D eigenvalue weighted by atomic mass is 10.2. The summed E-state index contributed by atoms with van der Waals surface area (Å²) in [5.41, 5.74) is 3.92. The Labute approximate surface area is 191 Å². The predicted octanol–water partition coefficient (Wildman–Crippen LogP) is 3.08. The summed E-state index contributed by atoms with van der Waals surface area (Å²) < 4.78 is 7.20. The Hall–Kier alpha value is -3.20. The van der Waals surface area contributed by atoms with E-state index in [1.807, 2.05) is 60.8 Å². The Bertz CT molecular complexity index is 1160. The van der Waals surface area contributed by atoms with E-state index in [9.17, 15) is 9.59 Å². The quantitative estimate of drug-likeness (QED) is 0.555. The van der Waals surface area contributed by atoms with Crippen molar-refractivity contribution in [3.05, 3.63) is 57.0 Å². The minimum absolute atomic E-state index is 0.0465. The van der Waals surface area contributed by atoms with Crippen LogP contribution in [0.25, 0.3) is 11.9 Å². The molecule has 4 heterocycles. The summed E-state index contributed by atoms with van der Waals surface area (Å²) in [6.45, 7) is 9.93. The monoisotopic (exact) mass is 453 g/mol. The van der Waals surface area contributed by atoms with Gasteiger partial charge in [0.1, 0.15) is 10.8 Å². The number of aromatic nitrogens is 3. The zero-order valence-electron chi connectivity index (χ0n) is 18.8. The van der Waals surface area contributed by atoms with Crippen LogP contribution >= 0.6 is 11.3 Å². The van der Waals surface area contributed by atoms with Crippen molar-refractivity contribution >= 4 is 29.2 Å². The topological polar surface area (TPSA) is 84.5 Å². The molecular weight excluding hydrogens is 426 g/mol. The van der Waals surface area contributed by atoms with Crippen molar-refractivity contribution in [2.75, 3.05) is 26.2 Å². The fraction of sp³-hybridized carbons (Fsp3) is 0.391. The summed E-state index contributed by atoms with van der Waals surface area (Å²) in [6.07, 6.45) is 3.78. The number of rotatable bonds is 5. The van der Waals surface area contributed by atoms with Gasteiger partial charge in [0, 0.05) is 60.8 Å². The van der Waals surface area contributed by atoms with Crippen molar-refractivity contribution in [3.63, 3.8) is 0 Å². The van der Waals surface area contributed by atoms with E-state index < -0.39 is 0 Å². The zero-order valence-corrected chi connectivity index (χ0v) is 19.6. The van der Waals surface area contributed by atoms with E-state index >= 15 is 0 Å². The van der Waals surface area contributed by atoms with Crippen LogP contribution in [0.3, 0.4) is 0 Å². The molecule has 3 aromatic rings. The number of carbonyl (C=O) groups is 2. The van der Waals surface area contributed by atoms with E-state index in [1.165, 1.54) is 11.3 Å². The lowest BCUT2D eigenvalue weighted by Gasteiger charge is -2.34. The first-order valence-electron chi connectivity index (χ1n) is 10.6. The van der Waals surface area contributed by atoms with Crippen LogP contribution < -0.4 is 0 Å². The van der Waals surface area contributed by atoms with E-state index in [0.29, 0.717) is 32.6 Å². The van der Waals surface area contributed by atoms with Gasteiger partial charge < -0.3 is 14.3 Å². The molecule has 1 aliphatic rings. The Morgan fingerprint density at radius 3 is 2.44 bits per heavy atom. The molecule has 0 bridgehead atoms. The van der Waals surface area contributed by atoms with Gasteiger partial charge in [-0.05, 0) is 45.4 Å². The smallest absolute Gasteiger partial charge is 0.246 e. The van der Waals surface area contributed by atoms with Crippen molar-refractivity contribution in [1.82, 2.24) is 24.5 Å². The number of carbonyl (C=O) groups excluding carboxylic acids is 2. The van der Waals surface area contributed by atoms with Crippen molar-refractivity contribution < 1.29 is 14.1 Å². The summed E-state index contributed by atoms with van der Waals surface area (Å²) in [5, 5.41) is 6.89. The SMILES string of the molecule is Cc1csc(CC(=O)N2CCN(C(=O)/C=C/c3cc(C)n(-c4cc(C)on4)c3C)CC2)n1. The Kier molecular flexibility index (Phi) is 6.27. The predicted molar refractivity (Wildman–Crippen MR) is 123 cm³/mol. The van der Waals surface area contributed by atoms with Crippen LogP contribution in [0, 0.1) is 27.7 Å². The van der Waals surface area contributed by atoms with E-state index in [0.717, 1.165) is 39.2 Å². The highest BCUT2D eigenvalue weighted by Gasteiger charge is 2.24. The van der Waals surface area contributed by atoms with Crippen molar-refractivity contribution in [2.45, 2.75) is 34.1 Å². The number of hydrogen-bond donors (Lipinski definition) is 0. The third-order valence-corrected chi connectivity index (χ3v) is 6.60. The van der Waals surface area contributed by atoms with Crippen LogP contribution in [0.1, 0.15) is 33.4 Å². The molecule has 0 spiro atoms. The molecule has 32 heavy (non-hydrogen) atoms. The fourth-order valence-corrected chi connectivity index (χ4v) is 4.70. The molecular formula is C23H27N5O3S. The summed E-state index contributed by atoms with van der Waals surface area (Å²) in [6, 6.07) is 3.91. The van der Waals surface area contributed by atoms with E-state index in [1.54, 1.807) is 11.0 Å². The van der Waals surface area contributed by atoms with Crippen LogP contribution in [0.15, 0.2) is 28.1 Å². The van der Waals surface area contributed by atoms with Crippen molar-refractivity contribution in [3.8, 4) is 5.82 Å². The number of hydrogen-bond acceptors (Lipinski definition) is 6. The first-order valence-corrected chi connectivity index (χ1v) is 11.5. The van der Waals surface area contributed by atoms with Crippen LogP contribution in [-0.4, -0.2) is 62.5 Å². The third-order valence-electron chi connectivity index (χ3n) is 5.63. The molecule has 9 heteroatoms. The van der Waals surface area contributed by atoms with Gasteiger partial charge in [-0.2, -0.15) is 0 Å². The van der Waals surface area contributed by atoms with Gasteiger partial charge in [-0.1, -0.05) is 5.16 Å². The molecule has 0 saturated carbocycles. The van der Waals surface area contributed by atoms with E-state index in [2.05, 4.69) is 10.1 Å². The van der Waals surface area contributed by atoms with Gasteiger partial charge in [-0.15, -0.1) is 11.3 Å². The first kappa shape index (κ1) is 22.0. The summed E-state index contributed by atoms with van der Waals surface area (Å²) in [7, 11) is 0. The number of thiazole rings is 1. The third kappa shape index (κ3) is 4.67. The lowest BCUT2D eigenvalue weighted by Crippen LogP contribution is -2.50. The first-order chi connectivity index (χ1) is 15.3. The average molecular weight is 454 g/mol. The van der Waals surface area contributed by atoms with Gasteiger partial charge in [0.2, 0.25) is 11.8 Å². The van der Waals surface area contributed by atoms with Gasteiger partial charge in [-0.25, -0.2) is 4.98 Å². The molecule has 1 saturated heterocycles. The van der Waals surface area contributed by atoms with Crippen LogP contribution in [0.5, 0.6) is 0 Å². The maximum atomic E-state index is 12.7. The second-order valence-electron chi connectivity index (χ2n) is 8.06. The molecule has 0 aliphatic carbocycles. The highest BCUT2D eigenvalue weighted by molar-refractivity contribution is 7.09. The van der Waals surface area contributed by atoms with E-state index in [4.69, 9.17) is 4.52 Å². The maximum Gasteiger partial charge on any atom is 0.246 e. The maximum absolute atomic E-state index is 12.7. The molecule has 0 radical (unpaired) electrons. The molecule has 4 rings (SSSR count). The molecule has 3 aromatic heterocycles. The van der Waals surface area contributed by atoms with Gasteiger partial charge in [0.15, 0.2) is 5.82 Å². The number of aryl methyl sites for hydroxylation is 3. The minimum atomic E-state index is -0.0465. The van der Waals surface area contributed by atoms with Gasteiger partial charge >= 0.3 is 0 Å². The number of nitrogens with zero attached hydrogens (tertiary/aromatic N) is 5. The minimum Gasteiger partial charge on any atom is -0.360 e. The molecule has 0 unspecified atom stereocenters. The molecule has 2 amide bonds. The highest BCUT2D eigenvalue weighted by atomic mass is 32.1. The molecule has 1 fully saturated rings. The number of piperazine rings is 1. The van der Waals surface area contributed by atoms with Gasteiger partial charge in [-0.3, -0.25) is 14.2 Å². The molecule has 0 N–H and O–H groups in total. The molecule has 0 atom stereocenters. The summed E-state index contributed by atoms with van der Waals surface area (Å²) in [4.78, 5) is 33.2. The second-order valence-corrected chi connectivity index (χ2v) is 9.00. The lowest BCUT2D eigenvalue weighted by molar-refractivity contribution is -0.136. The highest BCUT2D eigenvalue weighted by Crippen LogP contribution is 2.22. The Balaban J connectivity index is 1.34. The zero-order chi connectivity index (χ0) is 22.8. The van der Waals surface area contributed by atoms with Crippen LogP contribution in [-0.2, 0) is 16.0 Å². The van der Waals surface area contributed by atoms with Crippen molar-refractivity contribution in [2.24, 2.45) is 0 Å². The average Bonchev–Trinajstić information content (AvgIpc) is 3.45. The van der Waals surface area contributed by atoms with Crippen LogP contribution in [0.4, 0.5) is 0 Å². The van der Waals surface area contributed by atoms with Gasteiger partial charge in [0.25, 0.3) is 0 Å².